The number of pyridine rings is 1. The molecule has 5 heterocycles. The Morgan fingerprint density at radius 1 is 1.04 bits per heavy atom. The van der Waals surface area contributed by atoms with Crippen LogP contribution in [0.1, 0.15) is 55.8 Å². The molecule has 2 N–H and O–H groups in total. The maximum Gasteiger partial charge on any atom is 0.258 e. The van der Waals surface area contributed by atoms with Crippen LogP contribution in [0.25, 0.3) is 39.1 Å². The number of rotatable bonds is 10. The highest BCUT2D eigenvalue weighted by atomic mass is 16.5. The Morgan fingerprint density at radius 2 is 1.81 bits per heavy atom. The van der Waals surface area contributed by atoms with Crippen molar-refractivity contribution in [3.8, 4) is 28.5 Å². The SMILES string of the molecule is [2H]C([2H])(C(=O)N1CC=C(c2ccc(-c3ncn(C(C)(C)C)n3)cc2)CC1)N1CC[C@@](OC)(C(=O)Nc2ccc3[nH]nc(-c4ccc(OC(C)C)nc4)c3c2)C1. The van der Waals surface area contributed by atoms with E-state index in [0.717, 1.165) is 33.2 Å². The van der Waals surface area contributed by atoms with Crippen LogP contribution in [0.15, 0.2) is 73.2 Å². The number of amides is 2. The molecule has 0 radical (unpaired) electrons. The van der Waals surface area contributed by atoms with Gasteiger partial charge in [-0.05, 0) is 82.9 Å². The zero-order valence-electron chi connectivity index (χ0n) is 33.0. The number of methoxy groups -OCH3 is 1. The van der Waals surface area contributed by atoms with Gasteiger partial charge in [0.25, 0.3) is 5.91 Å². The second-order valence-corrected chi connectivity index (χ2v) is 14.8. The van der Waals surface area contributed by atoms with E-state index < -0.39 is 23.9 Å². The molecule has 276 valence electrons. The molecule has 1 fully saturated rings. The van der Waals surface area contributed by atoms with Crippen LogP contribution in [0.2, 0.25) is 0 Å². The lowest BCUT2D eigenvalue weighted by atomic mass is 9.98. The van der Waals surface area contributed by atoms with E-state index in [9.17, 15) is 9.59 Å². The predicted molar refractivity (Wildman–Crippen MR) is 204 cm³/mol. The summed E-state index contributed by atoms with van der Waals surface area (Å²) in [6, 6.07) is 17.2. The third-order valence-electron chi connectivity index (χ3n) is 9.67. The van der Waals surface area contributed by atoms with Gasteiger partial charge in [0.05, 0.1) is 26.4 Å². The highest BCUT2D eigenvalue weighted by Gasteiger charge is 2.45. The molecule has 1 atom stereocenters. The zero-order valence-corrected chi connectivity index (χ0v) is 31.0. The van der Waals surface area contributed by atoms with Gasteiger partial charge < -0.3 is 19.7 Å². The molecule has 13 heteroatoms. The number of nitrogens with one attached hydrogen (secondary N) is 2. The highest BCUT2D eigenvalue weighted by Crippen LogP contribution is 2.32. The van der Waals surface area contributed by atoms with Crippen LogP contribution in [0.4, 0.5) is 5.69 Å². The summed E-state index contributed by atoms with van der Waals surface area (Å²) in [5, 5.41) is 15.9. The monoisotopic (exact) mass is 719 g/mol. The minimum Gasteiger partial charge on any atom is -0.475 e. The van der Waals surface area contributed by atoms with Gasteiger partial charge in [0, 0.05) is 67.8 Å². The first-order valence-corrected chi connectivity index (χ1v) is 17.9. The fourth-order valence-electron chi connectivity index (χ4n) is 6.58. The van der Waals surface area contributed by atoms with E-state index in [1.165, 1.54) is 16.9 Å². The number of likely N-dealkylation sites (tertiary alicyclic amines) is 1. The number of fused-ring (bicyclic) bond motifs is 1. The van der Waals surface area contributed by atoms with Crippen molar-refractivity contribution in [3.05, 3.63) is 78.8 Å². The van der Waals surface area contributed by atoms with Crippen molar-refractivity contribution >= 4 is 34.0 Å². The normalized spacial score (nSPS) is 18.9. The van der Waals surface area contributed by atoms with Gasteiger partial charge in [-0.15, -0.1) is 0 Å². The van der Waals surface area contributed by atoms with Crippen molar-refractivity contribution in [1.29, 1.82) is 0 Å². The van der Waals surface area contributed by atoms with E-state index in [1.54, 1.807) is 24.7 Å². The number of aromatic amines is 1. The van der Waals surface area contributed by atoms with E-state index in [1.807, 2.05) is 67.1 Å². The van der Waals surface area contributed by atoms with E-state index in [0.29, 0.717) is 36.1 Å². The molecule has 3 aromatic heterocycles. The minimum atomic E-state index is -2.34. The summed E-state index contributed by atoms with van der Waals surface area (Å²) in [7, 11) is 1.44. The number of carbonyl (C=O) groups is 2. The van der Waals surface area contributed by atoms with Gasteiger partial charge in [0.1, 0.15) is 12.0 Å². The van der Waals surface area contributed by atoms with Gasteiger partial charge in [-0.25, -0.2) is 14.6 Å². The van der Waals surface area contributed by atoms with Crippen molar-refractivity contribution in [2.75, 3.05) is 45.1 Å². The number of benzene rings is 2. The lowest BCUT2D eigenvalue weighted by Gasteiger charge is -2.30. The van der Waals surface area contributed by atoms with Crippen molar-refractivity contribution < 1.29 is 21.8 Å². The second-order valence-electron chi connectivity index (χ2n) is 14.8. The van der Waals surface area contributed by atoms with Gasteiger partial charge in [-0.3, -0.25) is 19.6 Å². The Labute approximate surface area is 312 Å². The quantitative estimate of drug-likeness (QED) is 0.184. The number of ether oxygens (including phenoxy) is 2. The molecule has 2 aliphatic rings. The zero-order chi connectivity index (χ0) is 39.1. The average molecular weight is 720 g/mol. The summed E-state index contributed by atoms with van der Waals surface area (Å²) >= 11 is 0. The van der Waals surface area contributed by atoms with Crippen LogP contribution >= 0.6 is 0 Å². The van der Waals surface area contributed by atoms with Crippen molar-refractivity contribution in [2.45, 2.75) is 64.7 Å². The number of nitrogens with zero attached hydrogens (tertiary/aromatic N) is 7. The molecule has 0 spiro atoms. The first-order valence-electron chi connectivity index (χ1n) is 18.9. The third kappa shape index (κ3) is 7.72. The third-order valence-corrected chi connectivity index (χ3v) is 9.67. The minimum absolute atomic E-state index is 0.00368. The number of aromatic nitrogens is 6. The smallest absolute Gasteiger partial charge is 0.258 e. The van der Waals surface area contributed by atoms with E-state index >= 15 is 0 Å². The van der Waals surface area contributed by atoms with Crippen molar-refractivity contribution in [3.63, 3.8) is 0 Å². The molecule has 0 saturated carbocycles. The second kappa shape index (κ2) is 14.6. The van der Waals surface area contributed by atoms with Crippen LogP contribution < -0.4 is 10.1 Å². The van der Waals surface area contributed by atoms with Crippen molar-refractivity contribution in [1.82, 2.24) is 39.7 Å². The largest absolute Gasteiger partial charge is 0.475 e. The van der Waals surface area contributed by atoms with Crippen LogP contribution in [0.3, 0.4) is 0 Å². The van der Waals surface area contributed by atoms with Gasteiger partial charge in [0.15, 0.2) is 11.4 Å². The molecule has 53 heavy (non-hydrogen) atoms. The first-order chi connectivity index (χ1) is 26.2. The van der Waals surface area contributed by atoms with Crippen LogP contribution in [0.5, 0.6) is 5.88 Å². The number of hydrogen-bond donors (Lipinski definition) is 2. The van der Waals surface area contributed by atoms with Crippen molar-refractivity contribution in [2.24, 2.45) is 0 Å². The lowest BCUT2D eigenvalue weighted by Crippen LogP contribution is -2.48. The van der Waals surface area contributed by atoms with E-state index in [2.05, 4.69) is 51.4 Å². The molecule has 1 saturated heterocycles. The average Bonchev–Trinajstić information content (AvgIpc) is 3.95. The summed E-state index contributed by atoms with van der Waals surface area (Å²) in [5.74, 6) is 0.125. The molecule has 0 aliphatic carbocycles. The number of H-pyrrole nitrogens is 1. The Balaban J connectivity index is 0.987. The molecule has 13 nitrogen and oxygen atoms in total. The summed E-state index contributed by atoms with van der Waals surface area (Å²) in [4.78, 5) is 39.3. The summed E-state index contributed by atoms with van der Waals surface area (Å²) in [5.41, 5.74) is 4.29. The van der Waals surface area contributed by atoms with Crippen LogP contribution in [0, 0.1) is 0 Å². The van der Waals surface area contributed by atoms with E-state index in [4.69, 9.17) is 12.2 Å². The Kier molecular flexibility index (Phi) is 9.18. The fourth-order valence-corrected chi connectivity index (χ4v) is 6.58. The fraction of sp³-hybridized carbons (Fsp3) is 0.400. The topological polar surface area (TPSA) is 143 Å². The van der Waals surface area contributed by atoms with Gasteiger partial charge in [-0.2, -0.15) is 10.2 Å². The molecular weight excluding hydrogens is 670 g/mol. The van der Waals surface area contributed by atoms with E-state index in [-0.39, 0.29) is 37.7 Å². The van der Waals surface area contributed by atoms with Crippen LogP contribution in [-0.2, 0) is 19.9 Å². The molecule has 5 aromatic rings. The van der Waals surface area contributed by atoms with Gasteiger partial charge >= 0.3 is 0 Å². The maximum absolute atomic E-state index is 13.8. The highest BCUT2D eigenvalue weighted by molar-refractivity contribution is 6.01. The maximum atomic E-state index is 13.8. The van der Waals surface area contributed by atoms with Crippen LogP contribution in [-0.4, -0.2) is 103 Å². The molecule has 2 aromatic carbocycles. The Hall–Kier alpha value is -5.40. The number of carbonyl (C=O) groups excluding carboxylic acids is 2. The molecule has 2 aliphatic heterocycles. The molecule has 2 amide bonds. The Bertz CT molecular complexity index is 2230. The molecule has 0 bridgehead atoms. The molecule has 7 rings (SSSR count). The van der Waals surface area contributed by atoms with Gasteiger partial charge in [0.2, 0.25) is 11.8 Å². The predicted octanol–water partition coefficient (Wildman–Crippen LogP) is 5.77. The molecular formula is C40H47N9O4. The molecule has 0 unspecified atom stereocenters. The summed E-state index contributed by atoms with van der Waals surface area (Å²) in [6.07, 6.45) is 6.21. The summed E-state index contributed by atoms with van der Waals surface area (Å²) < 4.78 is 31.2. The summed E-state index contributed by atoms with van der Waals surface area (Å²) in [6.45, 7) is 8.48. The Morgan fingerprint density at radius 3 is 2.47 bits per heavy atom. The van der Waals surface area contributed by atoms with Gasteiger partial charge in [-0.1, -0.05) is 30.3 Å². The lowest BCUT2D eigenvalue weighted by molar-refractivity contribution is -0.138. The number of anilines is 1. The first kappa shape index (κ1) is 33.4. The standard InChI is InChI=1S/C40H47N9O4/c1-26(2)53-34-14-11-30(22-41-34)36-32-21-31(12-13-33(32)44-45-36)43-38(51)40(52-6)17-20-47(24-40)23-35(50)48-18-15-28(16-19-48)27-7-9-29(10-8-27)37-42-25-49(46-37)39(3,4)5/h7-15,21-22,25-26H,16-20,23-24H2,1-6H3,(H,43,51)(H,44,45)/t40-/m0/s1/i23D2. The number of hydrogen-bond acceptors (Lipinski definition) is 9.